The number of rotatable bonds is 3. The number of aromatic nitrogens is 10. The Balaban J connectivity index is 0.000000123. The van der Waals surface area contributed by atoms with Crippen molar-refractivity contribution in [1.29, 1.82) is 0 Å². The van der Waals surface area contributed by atoms with Crippen LogP contribution in [-0.2, 0) is 31.7 Å². The number of aryl methyl sites for hydroxylation is 1. The molecule has 0 radical (unpaired) electrons. The smallest absolute Gasteiger partial charge is 0.226 e. The molecule has 0 fully saturated rings. The molecule has 0 saturated heterocycles. The molecule has 21 aromatic rings. The summed E-state index contributed by atoms with van der Waals surface area (Å²) in [6.45, 7) is 2.07. The van der Waals surface area contributed by atoms with Crippen LogP contribution in [0.2, 0.25) is 5.02 Å². The van der Waals surface area contributed by atoms with E-state index in [-0.39, 0.29) is 51.8 Å². The average molecular weight is 1630 g/mol. The number of furan rings is 1. The minimum Gasteiger partial charge on any atom is -0.871 e. The van der Waals surface area contributed by atoms with Crippen LogP contribution in [0, 0.1) is 5.95 Å². The lowest BCUT2D eigenvalue weighted by Crippen LogP contribution is -1.98. The van der Waals surface area contributed by atoms with Crippen LogP contribution in [-0.4, -0.2) is 49.8 Å². The summed E-state index contributed by atoms with van der Waals surface area (Å²) in [4.78, 5) is 40.3. The molecule has 0 atom stereocenters. The standard InChI is InChI=1S/2C13H9NO.C12H13NO.C11H7NO2.C11H9NS.C9H6ClNO.C9H6FNO.C9H7NO.C5H5NO.C5H5NS/c15-12-7-3-5-10-8-9-4-1-2-6-11(9)14-13(10)12;15-12-8-9-4-1-2-5-10(9)11-6-3-7-14-13(11)12;1-2-4-10-7-6-9-5-3-8-13-11(9)12(10)14;13-9-3-1-2-7-6-8-4-5-14-11(8)12-10(7)9;13-11-7-2-1-5-9(11)10-6-3-4-8-12-10;10-7-3-4-8(12)9-6(7)2-1-5-11-9;10-8-5-4-6-2-1-3-7(12)9(6)11-8;11-9-6-5-7-3-1-2-4-8(7)10-9;2*7-5-3-1-2-4-6-5/h2*1-8,15H;3,5-8,14H,2,4H2,1H3;1-6,13H;1-8,13H;2*1-5,12H;1-6H,(H,10,11);2*1-4H,(H,6,7)/p-10. The van der Waals surface area contributed by atoms with Crippen molar-refractivity contribution >= 4 is 146 Å². The lowest BCUT2D eigenvalue weighted by molar-refractivity contribution is -0.275. The zero-order valence-electron chi connectivity index (χ0n) is 63.7. The van der Waals surface area contributed by atoms with Crippen LogP contribution in [0.5, 0.6) is 46.3 Å². The Morgan fingerprint density at radius 3 is 1.48 bits per heavy atom. The molecular weight excluding hydrogens is 1570 g/mol. The normalized spacial score (nSPS) is 10.4. The minimum absolute atomic E-state index is 0.00991. The zero-order chi connectivity index (χ0) is 84.1. The van der Waals surface area contributed by atoms with Gasteiger partial charge in [-0.3, -0.25) is 34.9 Å². The van der Waals surface area contributed by atoms with Crippen molar-refractivity contribution in [2.24, 2.45) is 0 Å². The van der Waals surface area contributed by atoms with Crippen molar-refractivity contribution < 1.29 is 49.7 Å². The molecule has 594 valence electrons. The maximum Gasteiger partial charge on any atom is 0.226 e. The largest absolute Gasteiger partial charge is 0.871 e. The predicted molar refractivity (Wildman–Crippen MR) is 461 cm³/mol. The van der Waals surface area contributed by atoms with Crippen molar-refractivity contribution in [3.63, 3.8) is 0 Å². The molecule has 19 nitrogen and oxygen atoms in total. The molecule has 0 aliphatic heterocycles. The minimum atomic E-state index is -0.620. The monoisotopic (exact) mass is 1630 g/mol. The highest BCUT2D eigenvalue weighted by Gasteiger charge is 2.06. The Morgan fingerprint density at radius 2 is 0.842 bits per heavy atom. The quantitative estimate of drug-likeness (QED) is 0.0686. The van der Waals surface area contributed by atoms with Gasteiger partial charge >= 0.3 is 0 Å². The number of halogens is 2. The summed E-state index contributed by atoms with van der Waals surface area (Å²) in [5.74, 6) is -1.31. The van der Waals surface area contributed by atoms with Crippen molar-refractivity contribution in [1.82, 2.24) is 49.8 Å². The third-order valence-electron chi connectivity index (χ3n) is 17.7. The summed E-state index contributed by atoms with van der Waals surface area (Å²) in [7, 11) is 0. The molecule has 0 bridgehead atoms. The molecule has 0 aliphatic rings. The second-order valence-corrected chi connectivity index (χ2v) is 27.1. The van der Waals surface area contributed by atoms with E-state index in [9.17, 15) is 45.2 Å². The number of benzene rings is 10. The van der Waals surface area contributed by atoms with Crippen LogP contribution in [0.15, 0.2) is 373 Å². The lowest BCUT2D eigenvalue weighted by atomic mass is 10.0. The molecule has 0 unspecified atom stereocenters. The number of fused-ring (bicyclic) bond motifs is 11. The maximum atomic E-state index is 12.6. The molecule has 23 heteroatoms. The van der Waals surface area contributed by atoms with Crippen molar-refractivity contribution in [3.8, 4) is 57.5 Å². The van der Waals surface area contributed by atoms with Crippen LogP contribution in [0.1, 0.15) is 18.9 Å². The van der Waals surface area contributed by atoms with E-state index in [0.717, 1.165) is 94.1 Å². The van der Waals surface area contributed by atoms with Gasteiger partial charge in [-0.2, -0.15) is 9.29 Å². The highest BCUT2D eigenvalue weighted by molar-refractivity contribution is 7.59. The van der Waals surface area contributed by atoms with Gasteiger partial charge in [0.25, 0.3) is 0 Å². The van der Waals surface area contributed by atoms with Gasteiger partial charge in [-0.15, -0.1) is 0 Å². The lowest BCUT2D eigenvalue weighted by Gasteiger charge is -2.15. The van der Waals surface area contributed by atoms with Crippen LogP contribution in [0.3, 0.4) is 0 Å². The van der Waals surface area contributed by atoms with Gasteiger partial charge in [0.05, 0.1) is 56.1 Å². The molecule has 0 N–H and O–H groups in total. The maximum absolute atomic E-state index is 12.6. The topological polar surface area (TPSA) is 327 Å². The van der Waals surface area contributed by atoms with Gasteiger partial charge in [0.2, 0.25) is 11.7 Å². The Labute approximate surface area is 703 Å². The van der Waals surface area contributed by atoms with Crippen LogP contribution >= 0.6 is 11.6 Å². The Kier molecular flexibility index (Phi) is 29.3. The molecule has 0 saturated carbocycles. The number of para-hydroxylation sites is 5. The van der Waals surface area contributed by atoms with Crippen LogP contribution in [0.25, 0.3) is 120 Å². The summed E-state index contributed by atoms with van der Waals surface area (Å²) in [6, 6.07) is 93.6. The third kappa shape index (κ3) is 22.6. The van der Waals surface area contributed by atoms with Gasteiger partial charge in [0.1, 0.15) is 0 Å². The highest BCUT2D eigenvalue weighted by atomic mass is 35.5. The number of nitrogens with zero attached hydrogens (tertiary/aromatic N) is 10. The average Bonchev–Trinajstić information content (AvgIpc) is 1.07. The van der Waals surface area contributed by atoms with E-state index >= 15 is 0 Å². The second kappa shape index (κ2) is 41.8. The molecule has 11 aromatic heterocycles. The SMILES string of the molecule is CCCc1ccc2cccnc2c1[O-].[O-]c1cc2ccccc2c2cccnc12.[O-]c1ccc(Cl)c2cccnc12.[O-]c1ccc2ccccc2n1.[O-]c1cccc2cc3ccccc3nc12.[O-]c1cccc2cc3ccoc3nc12.[O-]c1cccc2ccc(F)nc12.[O-]c1ccccn1.[S-]c1ccccc1-c1ccccn1.[S-]c1ccccn1. The Bertz CT molecular complexity index is 6900. The summed E-state index contributed by atoms with van der Waals surface area (Å²) in [5, 5.41) is 101. The number of pyridine rings is 10. The first-order valence-electron chi connectivity index (χ1n) is 37.1. The van der Waals surface area contributed by atoms with Gasteiger partial charge in [0.15, 0.2) is 0 Å². The number of hydrogen-bond acceptors (Lipinski definition) is 21. The van der Waals surface area contributed by atoms with E-state index in [1.54, 1.807) is 122 Å². The van der Waals surface area contributed by atoms with E-state index in [1.807, 2.05) is 194 Å². The first-order valence-corrected chi connectivity index (χ1v) is 38.3. The molecule has 10 aromatic carbocycles. The molecule has 11 heterocycles. The van der Waals surface area contributed by atoms with Gasteiger partial charge in [-0.25, -0.2) is 15.0 Å². The van der Waals surface area contributed by atoms with E-state index in [1.165, 1.54) is 42.6 Å². The second-order valence-electron chi connectivity index (χ2n) is 25.8. The third-order valence-corrected chi connectivity index (χ3v) is 18.6. The molecule has 0 amide bonds. The van der Waals surface area contributed by atoms with Crippen molar-refractivity contribution in [2.75, 3.05) is 0 Å². The first kappa shape index (κ1) is 84.0. The molecule has 0 spiro atoms. The fourth-order valence-electron chi connectivity index (χ4n) is 12.0. The first-order chi connectivity index (χ1) is 58.5. The predicted octanol–water partition coefficient (Wildman–Crippen LogP) is 17.8. The van der Waals surface area contributed by atoms with Crippen molar-refractivity contribution in [2.45, 2.75) is 29.7 Å². The Morgan fingerprint density at radius 1 is 0.333 bits per heavy atom. The number of hydrogen-bond donors (Lipinski definition) is 0. The van der Waals surface area contributed by atoms with E-state index < -0.39 is 5.95 Å². The summed E-state index contributed by atoms with van der Waals surface area (Å²) >= 11 is 15.7. The fourth-order valence-corrected chi connectivity index (χ4v) is 12.6. The van der Waals surface area contributed by atoms with Gasteiger partial charge in [0, 0.05) is 79.9 Å². The van der Waals surface area contributed by atoms with Crippen LogP contribution in [0.4, 0.5) is 4.39 Å². The molecular formula is C97H66ClFN10O9S2-10. The molecule has 120 heavy (non-hydrogen) atoms. The van der Waals surface area contributed by atoms with E-state index in [4.69, 9.17) is 41.3 Å². The summed E-state index contributed by atoms with van der Waals surface area (Å²) < 4.78 is 17.7. The highest BCUT2D eigenvalue weighted by Crippen LogP contribution is 2.32. The summed E-state index contributed by atoms with van der Waals surface area (Å²) in [5.41, 5.74) is 7.78. The van der Waals surface area contributed by atoms with Gasteiger partial charge in [-0.1, -0.05) is 288 Å². The fraction of sp³-hybridized carbons (Fsp3) is 0.0309. The van der Waals surface area contributed by atoms with E-state index in [0.29, 0.717) is 54.1 Å². The van der Waals surface area contributed by atoms with E-state index in [2.05, 4.69) is 56.8 Å². The van der Waals surface area contributed by atoms with Gasteiger partial charge in [-0.05, 0) is 142 Å². The summed E-state index contributed by atoms with van der Waals surface area (Å²) in [6.07, 6.45) is 13.2. The Hall–Kier alpha value is -15.4. The molecule has 0 aliphatic carbocycles. The van der Waals surface area contributed by atoms with Gasteiger partial charge < -0.3 is 70.5 Å². The van der Waals surface area contributed by atoms with Crippen molar-refractivity contribution in [3.05, 3.63) is 375 Å². The van der Waals surface area contributed by atoms with Crippen LogP contribution < -0.4 is 40.9 Å². The zero-order valence-corrected chi connectivity index (χ0v) is 66.1. The molecule has 21 rings (SSSR count).